The minimum absolute atomic E-state index is 0.188. The Labute approximate surface area is 115 Å². The first-order valence-corrected chi connectivity index (χ1v) is 7.71. The third-order valence-corrected chi connectivity index (χ3v) is 5.23. The van der Waals surface area contributed by atoms with Gasteiger partial charge in [0.1, 0.15) is 0 Å². The summed E-state index contributed by atoms with van der Waals surface area (Å²) in [6.07, 6.45) is 2.12. The number of hydrogen-bond acceptors (Lipinski definition) is 2. The van der Waals surface area contributed by atoms with Crippen LogP contribution in [0.3, 0.4) is 0 Å². The molecule has 1 amide bonds. The predicted molar refractivity (Wildman–Crippen MR) is 74.9 cm³/mol. The van der Waals surface area contributed by atoms with Gasteiger partial charge < -0.3 is 4.90 Å². The van der Waals surface area contributed by atoms with E-state index in [9.17, 15) is 4.79 Å². The molecule has 2 heterocycles. The first kappa shape index (κ1) is 11.9. The van der Waals surface area contributed by atoms with E-state index in [4.69, 9.17) is 0 Å². The largest absolute Gasteiger partial charge is 0.339 e. The average Bonchev–Trinajstić information content (AvgIpc) is 2.65. The van der Waals surface area contributed by atoms with E-state index in [1.165, 1.54) is 2.88 Å². The highest BCUT2D eigenvalue weighted by atomic mass is 127. The molecule has 1 aliphatic rings. The van der Waals surface area contributed by atoms with Gasteiger partial charge in [0.05, 0.1) is 8.45 Å². The van der Waals surface area contributed by atoms with E-state index in [0.717, 1.165) is 31.5 Å². The van der Waals surface area contributed by atoms with E-state index < -0.39 is 0 Å². The second-order valence-corrected chi connectivity index (χ2v) is 7.71. The van der Waals surface area contributed by atoms with Crippen LogP contribution in [0.5, 0.6) is 0 Å². The van der Waals surface area contributed by atoms with Gasteiger partial charge in [-0.25, -0.2) is 0 Å². The maximum Gasteiger partial charge on any atom is 0.254 e. The van der Waals surface area contributed by atoms with Crippen molar-refractivity contribution in [2.45, 2.75) is 17.7 Å². The molecule has 0 N–H and O–H groups in total. The molecule has 1 aromatic heterocycles. The van der Waals surface area contributed by atoms with Gasteiger partial charge >= 0.3 is 0 Å². The molecule has 15 heavy (non-hydrogen) atoms. The van der Waals surface area contributed by atoms with Crippen LogP contribution in [0.4, 0.5) is 0 Å². The number of hydrogen-bond donors (Lipinski definition) is 0. The topological polar surface area (TPSA) is 20.3 Å². The average molecular weight is 400 g/mol. The molecule has 2 rings (SSSR count). The first-order chi connectivity index (χ1) is 7.16. The first-order valence-electron chi connectivity index (χ1n) is 4.84. The van der Waals surface area contributed by atoms with Gasteiger partial charge in [0.25, 0.3) is 5.91 Å². The Kier molecular flexibility index (Phi) is 4.06. The Hall–Kier alpha value is 0.380. The van der Waals surface area contributed by atoms with Crippen molar-refractivity contribution in [2.24, 2.45) is 0 Å². The highest BCUT2D eigenvalue weighted by Crippen LogP contribution is 2.22. The van der Waals surface area contributed by atoms with Gasteiger partial charge in [-0.05, 0) is 41.5 Å². The highest BCUT2D eigenvalue weighted by Gasteiger charge is 2.22. The zero-order valence-electron chi connectivity index (χ0n) is 8.08. The van der Waals surface area contributed by atoms with Gasteiger partial charge in [-0.15, -0.1) is 11.3 Å². The SMILES string of the molecule is O=C(c1csc(I)c1)N1CCC(Br)CC1. The summed E-state index contributed by atoms with van der Waals surface area (Å²) in [5, 5.41) is 1.95. The number of rotatable bonds is 1. The molecule has 1 saturated heterocycles. The molecule has 1 fully saturated rings. The van der Waals surface area contributed by atoms with Crippen molar-refractivity contribution in [1.29, 1.82) is 0 Å². The van der Waals surface area contributed by atoms with Crippen molar-refractivity contribution >= 4 is 55.8 Å². The maximum atomic E-state index is 12.0. The standard InChI is InChI=1S/C10H11BrINOS/c11-8-1-3-13(4-2-8)10(14)7-5-9(12)15-6-7/h5-6,8H,1-4H2. The van der Waals surface area contributed by atoms with Gasteiger partial charge in [0.15, 0.2) is 0 Å². The molecule has 0 aromatic carbocycles. The van der Waals surface area contributed by atoms with Crippen LogP contribution in [0.25, 0.3) is 0 Å². The number of amides is 1. The van der Waals surface area contributed by atoms with E-state index in [0.29, 0.717) is 4.83 Å². The number of carbonyl (C=O) groups is 1. The van der Waals surface area contributed by atoms with E-state index in [1.54, 1.807) is 11.3 Å². The number of piperidine rings is 1. The van der Waals surface area contributed by atoms with Gasteiger partial charge in [0, 0.05) is 23.3 Å². The Morgan fingerprint density at radius 2 is 2.20 bits per heavy atom. The third kappa shape index (κ3) is 2.94. The summed E-state index contributed by atoms with van der Waals surface area (Å²) < 4.78 is 1.17. The van der Waals surface area contributed by atoms with Crippen molar-refractivity contribution in [3.8, 4) is 0 Å². The normalized spacial score (nSPS) is 18.1. The summed E-state index contributed by atoms with van der Waals surface area (Å²) >= 11 is 7.46. The van der Waals surface area contributed by atoms with Crippen molar-refractivity contribution in [3.05, 3.63) is 19.9 Å². The maximum absolute atomic E-state index is 12.0. The lowest BCUT2D eigenvalue weighted by Gasteiger charge is -2.29. The fourth-order valence-electron chi connectivity index (χ4n) is 1.66. The number of carbonyl (C=O) groups excluding carboxylic acids is 1. The molecule has 0 radical (unpaired) electrons. The van der Waals surface area contributed by atoms with Crippen molar-refractivity contribution in [3.63, 3.8) is 0 Å². The van der Waals surface area contributed by atoms with Crippen LogP contribution in [0.1, 0.15) is 23.2 Å². The minimum atomic E-state index is 0.188. The van der Waals surface area contributed by atoms with E-state index in [-0.39, 0.29) is 5.91 Å². The zero-order valence-corrected chi connectivity index (χ0v) is 12.6. The molecule has 0 unspecified atom stereocenters. The Balaban J connectivity index is 2.02. The number of nitrogens with zero attached hydrogens (tertiary/aromatic N) is 1. The van der Waals surface area contributed by atoms with E-state index >= 15 is 0 Å². The van der Waals surface area contributed by atoms with Crippen molar-refractivity contribution < 1.29 is 4.79 Å². The Morgan fingerprint density at radius 3 is 2.73 bits per heavy atom. The fraction of sp³-hybridized carbons (Fsp3) is 0.500. The molecule has 0 bridgehead atoms. The smallest absolute Gasteiger partial charge is 0.254 e. The van der Waals surface area contributed by atoms with Gasteiger partial charge in [-0.3, -0.25) is 4.79 Å². The van der Waals surface area contributed by atoms with Crippen LogP contribution in [0.2, 0.25) is 0 Å². The monoisotopic (exact) mass is 399 g/mol. The molecular formula is C10H11BrINOS. The minimum Gasteiger partial charge on any atom is -0.339 e. The summed E-state index contributed by atoms with van der Waals surface area (Å²) in [6.45, 7) is 1.75. The van der Waals surface area contributed by atoms with Crippen LogP contribution in [-0.4, -0.2) is 28.7 Å². The molecule has 0 spiro atoms. The van der Waals surface area contributed by atoms with Gasteiger partial charge in [-0.1, -0.05) is 15.9 Å². The number of thiophene rings is 1. The molecule has 0 aliphatic carbocycles. The molecule has 1 aliphatic heterocycles. The summed E-state index contributed by atoms with van der Waals surface area (Å²) in [7, 11) is 0. The molecule has 5 heteroatoms. The lowest BCUT2D eigenvalue weighted by Crippen LogP contribution is -2.38. The quantitative estimate of drug-likeness (QED) is 0.523. The molecule has 1 aromatic rings. The van der Waals surface area contributed by atoms with Gasteiger partial charge in [-0.2, -0.15) is 0 Å². The lowest BCUT2D eigenvalue weighted by molar-refractivity contribution is 0.0729. The number of alkyl halides is 1. The second kappa shape index (κ2) is 5.14. The Bertz CT molecular complexity index is 360. The Morgan fingerprint density at radius 1 is 1.53 bits per heavy atom. The van der Waals surface area contributed by atoms with E-state index in [1.807, 2.05) is 16.3 Å². The molecule has 0 atom stereocenters. The van der Waals surface area contributed by atoms with Gasteiger partial charge in [0.2, 0.25) is 0 Å². The molecule has 2 nitrogen and oxygen atoms in total. The fourth-order valence-corrected chi connectivity index (χ4v) is 3.39. The van der Waals surface area contributed by atoms with Crippen LogP contribution in [-0.2, 0) is 0 Å². The molecular weight excluding hydrogens is 389 g/mol. The van der Waals surface area contributed by atoms with Crippen molar-refractivity contribution in [1.82, 2.24) is 4.90 Å². The summed E-state index contributed by atoms with van der Waals surface area (Å²) in [4.78, 5) is 14.6. The van der Waals surface area contributed by atoms with E-state index in [2.05, 4.69) is 38.5 Å². The molecule has 82 valence electrons. The number of halogens is 2. The van der Waals surface area contributed by atoms with Crippen LogP contribution < -0.4 is 0 Å². The zero-order chi connectivity index (χ0) is 10.8. The predicted octanol–water partition coefficient (Wildman–Crippen LogP) is 3.35. The number of likely N-dealkylation sites (tertiary alicyclic amines) is 1. The summed E-state index contributed by atoms with van der Waals surface area (Å²) in [6, 6.07) is 1.97. The lowest BCUT2D eigenvalue weighted by atomic mass is 10.1. The highest BCUT2D eigenvalue weighted by molar-refractivity contribution is 14.1. The summed E-state index contributed by atoms with van der Waals surface area (Å²) in [5.41, 5.74) is 0.845. The summed E-state index contributed by atoms with van der Waals surface area (Å²) in [5.74, 6) is 0.188. The third-order valence-electron chi connectivity index (χ3n) is 2.53. The van der Waals surface area contributed by atoms with Crippen molar-refractivity contribution in [2.75, 3.05) is 13.1 Å². The van der Waals surface area contributed by atoms with Crippen LogP contribution in [0.15, 0.2) is 11.4 Å². The molecule has 0 saturated carbocycles. The van der Waals surface area contributed by atoms with Crippen LogP contribution in [0, 0.1) is 2.88 Å². The second-order valence-electron chi connectivity index (χ2n) is 3.61. The van der Waals surface area contributed by atoms with Crippen LogP contribution >= 0.6 is 49.9 Å².